The summed E-state index contributed by atoms with van der Waals surface area (Å²) in [5, 5.41) is 4.22. The number of carbonyl (C=O) groups is 4. The molecule has 2 N–H and O–H groups in total. The first-order valence-electron chi connectivity index (χ1n) is 11.2. The molecule has 2 heterocycles. The quantitative estimate of drug-likeness (QED) is 0.198. The minimum absolute atomic E-state index is 0.00743. The maximum Gasteiger partial charge on any atom is 0.410 e. The molecule has 1 saturated heterocycles. The van der Waals surface area contributed by atoms with Crippen molar-refractivity contribution in [2.75, 3.05) is 52.1 Å². The van der Waals surface area contributed by atoms with Crippen LogP contribution in [0.15, 0.2) is 36.0 Å². The van der Waals surface area contributed by atoms with E-state index in [9.17, 15) is 32.3 Å². The van der Waals surface area contributed by atoms with Crippen LogP contribution in [0.25, 0.3) is 0 Å². The monoisotopic (exact) mass is 547 g/mol. The number of carbonyl (C=O) groups excluding carboxylic acids is 4. The molecule has 0 aromatic carbocycles. The zero-order valence-electron chi connectivity index (χ0n) is 21.0. The van der Waals surface area contributed by atoms with Crippen LogP contribution in [0.3, 0.4) is 0 Å². The van der Waals surface area contributed by atoms with E-state index in [2.05, 4.69) is 16.9 Å². The predicted octanol–water partition coefficient (Wildman–Crippen LogP) is 2.12. The van der Waals surface area contributed by atoms with E-state index in [1.165, 1.54) is 29.4 Å². The summed E-state index contributed by atoms with van der Waals surface area (Å²) in [5.41, 5.74) is -0.335. The van der Waals surface area contributed by atoms with E-state index < -0.39 is 18.3 Å². The van der Waals surface area contributed by atoms with Gasteiger partial charge in [0.25, 0.3) is 0 Å². The highest BCUT2D eigenvalue weighted by atomic mass is 32.2. The largest absolute Gasteiger partial charge is 0.445 e. The van der Waals surface area contributed by atoms with Gasteiger partial charge in [0.05, 0.1) is 12.1 Å². The maximum atomic E-state index is 12.7. The van der Waals surface area contributed by atoms with Gasteiger partial charge in [-0.05, 0) is 26.2 Å². The molecule has 14 heteroatoms. The van der Waals surface area contributed by atoms with E-state index in [0.717, 1.165) is 4.90 Å². The fourth-order valence-corrected chi connectivity index (χ4v) is 3.54. The fourth-order valence-electron chi connectivity index (χ4n) is 3.13. The highest BCUT2D eigenvalue weighted by Crippen LogP contribution is 2.18. The number of ether oxygens (including phenoxy) is 1. The topological polar surface area (TPSA) is 121 Å². The average Bonchev–Trinajstić information content (AvgIpc) is 2.88. The van der Waals surface area contributed by atoms with Crippen LogP contribution in [-0.4, -0.2) is 103 Å². The van der Waals surface area contributed by atoms with Crippen LogP contribution in [0.5, 0.6) is 0 Å². The average molecular weight is 548 g/mol. The summed E-state index contributed by atoms with van der Waals surface area (Å²) in [5.74, 6) is -0.421. The molecule has 1 fully saturated rings. The Morgan fingerprint density at radius 1 is 1.19 bits per heavy atom. The summed E-state index contributed by atoms with van der Waals surface area (Å²) in [6.45, 7) is 8.01. The molecule has 0 aliphatic carbocycles. The van der Waals surface area contributed by atoms with Crippen molar-refractivity contribution in [3.05, 3.63) is 36.7 Å². The highest BCUT2D eigenvalue weighted by Gasteiger charge is 2.37. The number of piperazine rings is 1. The first-order chi connectivity index (χ1) is 17.3. The number of thioether (sulfide) groups is 1. The van der Waals surface area contributed by atoms with E-state index in [-0.39, 0.29) is 37.3 Å². The van der Waals surface area contributed by atoms with Crippen molar-refractivity contribution in [1.82, 2.24) is 25.4 Å². The lowest BCUT2D eigenvalue weighted by Crippen LogP contribution is -2.61. The second-order valence-electron chi connectivity index (χ2n) is 8.23. The van der Waals surface area contributed by atoms with Crippen LogP contribution >= 0.6 is 11.8 Å². The third-order valence-electron chi connectivity index (χ3n) is 5.27. The highest BCUT2D eigenvalue weighted by molar-refractivity contribution is 7.98. The number of rotatable bonds is 10. The minimum atomic E-state index is -4.29. The van der Waals surface area contributed by atoms with Crippen molar-refractivity contribution in [2.45, 2.75) is 30.5 Å². The van der Waals surface area contributed by atoms with Gasteiger partial charge in [0.15, 0.2) is 5.78 Å². The van der Waals surface area contributed by atoms with Gasteiger partial charge < -0.3 is 20.3 Å². The van der Waals surface area contributed by atoms with Crippen LogP contribution < -0.4 is 10.6 Å². The van der Waals surface area contributed by atoms with Gasteiger partial charge >= 0.3 is 12.3 Å². The lowest BCUT2D eigenvalue weighted by Gasteiger charge is -2.42. The lowest BCUT2D eigenvalue weighted by atomic mass is 10.00. The molecule has 3 amide bonds. The Hall–Kier alpha value is -3.13. The summed E-state index contributed by atoms with van der Waals surface area (Å²) < 4.78 is 38.1. The van der Waals surface area contributed by atoms with Gasteiger partial charge in [-0.25, -0.2) is 4.79 Å². The van der Waals surface area contributed by atoms with Crippen LogP contribution in [0.1, 0.15) is 24.2 Å². The van der Waals surface area contributed by atoms with Crippen LogP contribution in [0.2, 0.25) is 0 Å². The van der Waals surface area contributed by atoms with Crippen molar-refractivity contribution in [3.8, 4) is 0 Å². The molecule has 1 aliphatic rings. The molecule has 1 aromatic rings. The second-order valence-corrected chi connectivity index (χ2v) is 9.11. The number of hydrogen-bond acceptors (Lipinski definition) is 8. The van der Waals surface area contributed by atoms with Crippen molar-refractivity contribution in [1.29, 1.82) is 0 Å². The molecule has 0 atom stereocenters. The number of Topliss-reactive ketones (excluding diaryl/α,β-unsaturated/α-hetero) is 1. The predicted molar refractivity (Wildman–Crippen MR) is 132 cm³/mol. The molecular formula is C23H32F3N5O5S. The summed E-state index contributed by atoms with van der Waals surface area (Å²) >= 11 is 1.50. The third kappa shape index (κ3) is 11.2. The van der Waals surface area contributed by atoms with Gasteiger partial charge in [-0.15, -0.1) is 11.8 Å². The van der Waals surface area contributed by atoms with Gasteiger partial charge in [0.1, 0.15) is 13.2 Å². The first kappa shape index (κ1) is 31.9. The van der Waals surface area contributed by atoms with E-state index in [1.807, 2.05) is 25.0 Å². The number of nitrogens with one attached hydrogen (secondary N) is 2. The first-order valence-corrected chi connectivity index (χ1v) is 12.4. The van der Waals surface area contributed by atoms with Crippen LogP contribution in [0, 0.1) is 0 Å². The third-order valence-corrected chi connectivity index (χ3v) is 5.97. The van der Waals surface area contributed by atoms with Crippen molar-refractivity contribution in [3.63, 3.8) is 0 Å². The summed E-state index contributed by atoms with van der Waals surface area (Å²) in [7, 11) is 0. The zero-order chi connectivity index (χ0) is 28.1. The van der Waals surface area contributed by atoms with Crippen LogP contribution in [0.4, 0.5) is 18.0 Å². The SMILES string of the molecule is C=CCOC(=O)N1CCN(C(C)(C)C(=O)NCC(=O)c2cncc(SC)c2)CC1.O=CNCC(F)(F)F. The number of amides is 3. The number of halogens is 3. The molecular weight excluding hydrogens is 515 g/mol. The Morgan fingerprint density at radius 3 is 2.35 bits per heavy atom. The molecule has 2 rings (SSSR count). The zero-order valence-corrected chi connectivity index (χ0v) is 21.8. The molecule has 0 unspecified atom stereocenters. The Morgan fingerprint density at radius 2 is 1.84 bits per heavy atom. The molecule has 10 nitrogen and oxygen atoms in total. The van der Waals surface area contributed by atoms with Gasteiger partial charge in [0, 0.05) is 49.0 Å². The van der Waals surface area contributed by atoms with Crippen molar-refractivity contribution >= 4 is 36.0 Å². The molecule has 206 valence electrons. The summed E-state index contributed by atoms with van der Waals surface area (Å²) in [6, 6.07) is 1.77. The molecule has 1 aliphatic heterocycles. The minimum Gasteiger partial charge on any atom is -0.445 e. The number of hydrogen-bond donors (Lipinski definition) is 2. The number of aromatic nitrogens is 1. The number of nitrogens with zero attached hydrogens (tertiary/aromatic N) is 3. The fraction of sp³-hybridized carbons (Fsp3) is 0.522. The molecule has 0 saturated carbocycles. The van der Waals surface area contributed by atoms with Gasteiger partial charge in [0.2, 0.25) is 12.3 Å². The maximum absolute atomic E-state index is 12.7. The number of pyridine rings is 1. The normalized spacial score (nSPS) is 14.1. The Balaban J connectivity index is 0.000000738. The molecule has 0 bridgehead atoms. The Kier molecular flexibility index (Phi) is 13.1. The second kappa shape index (κ2) is 15.2. The van der Waals surface area contributed by atoms with Crippen LogP contribution in [-0.2, 0) is 14.3 Å². The molecule has 0 radical (unpaired) electrons. The molecule has 37 heavy (non-hydrogen) atoms. The van der Waals surface area contributed by atoms with E-state index in [0.29, 0.717) is 31.7 Å². The summed E-state index contributed by atoms with van der Waals surface area (Å²) in [6.07, 6.45) is 1.97. The molecule has 1 aromatic heterocycles. The molecule has 0 spiro atoms. The van der Waals surface area contributed by atoms with Gasteiger partial charge in [-0.2, -0.15) is 13.2 Å². The lowest BCUT2D eigenvalue weighted by molar-refractivity contribution is -0.132. The van der Waals surface area contributed by atoms with E-state index >= 15 is 0 Å². The summed E-state index contributed by atoms with van der Waals surface area (Å²) in [4.78, 5) is 54.8. The Bertz CT molecular complexity index is 938. The van der Waals surface area contributed by atoms with Crippen molar-refractivity contribution < 1.29 is 37.1 Å². The van der Waals surface area contributed by atoms with E-state index in [4.69, 9.17) is 4.74 Å². The van der Waals surface area contributed by atoms with Gasteiger partial charge in [-0.1, -0.05) is 12.7 Å². The smallest absolute Gasteiger partial charge is 0.410 e. The van der Waals surface area contributed by atoms with Gasteiger partial charge in [-0.3, -0.25) is 24.3 Å². The number of ketones is 1. The number of alkyl halides is 3. The van der Waals surface area contributed by atoms with E-state index in [1.54, 1.807) is 17.2 Å². The Labute approximate surface area is 218 Å². The van der Waals surface area contributed by atoms with Crippen molar-refractivity contribution in [2.24, 2.45) is 0 Å². The standard InChI is InChI=1S/C20H28N4O4S.C3H4F3NO/c1-5-10-28-19(27)23-6-8-24(9-7-23)20(2,3)18(26)22-14-17(25)15-11-16(29-4)13-21-12-15;4-3(5,6)1-7-2-8/h5,11-13H,1,6-10,14H2,2-4H3,(H,22,26);2H,1H2,(H,7,8).